The van der Waals surface area contributed by atoms with Gasteiger partial charge in [-0.05, 0) is 75.3 Å². The van der Waals surface area contributed by atoms with Crippen molar-refractivity contribution < 1.29 is 0 Å². The molecule has 0 bridgehead atoms. The number of nitrogen functional groups attached to an aromatic ring is 1. The lowest BCUT2D eigenvalue weighted by Gasteiger charge is -2.26. The maximum absolute atomic E-state index is 7.54. The Morgan fingerprint density at radius 2 is 2.21 bits per heavy atom. The van der Waals surface area contributed by atoms with Gasteiger partial charge < -0.3 is 22.2 Å². The summed E-state index contributed by atoms with van der Waals surface area (Å²) in [6.07, 6.45) is 11.1. The number of amidine groups is 1. The summed E-state index contributed by atoms with van der Waals surface area (Å²) in [4.78, 5) is 4.58. The van der Waals surface area contributed by atoms with Gasteiger partial charge in [0.05, 0.1) is 0 Å². The Hall–Kier alpha value is -2.66. The summed E-state index contributed by atoms with van der Waals surface area (Å²) in [5, 5.41) is 11.0. The number of allylic oxidation sites excluding steroid dienone is 2. The lowest BCUT2D eigenvalue weighted by Crippen LogP contribution is -2.18. The fourth-order valence-corrected chi connectivity index (χ4v) is 4.58. The molecule has 0 saturated carbocycles. The first-order valence-corrected chi connectivity index (χ1v) is 10.5. The molecule has 0 aromatic heterocycles. The Morgan fingerprint density at radius 1 is 1.38 bits per heavy atom. The molecule has 154 valence electrons. The number of nitrogens with two attached hydrogens (primary N) is 2. The Labute approximate surface area is 174 Å². The molecule has 1 aromatic rings. The van der Waals surface area contributed by atoms with Gasteiger partial charge in [0.15, 0.2) is 0 Å². The van der Waals surface area contributed by atoms with Crippen LogP contribution >= 0.6 is 0 Å². The van der Waals surface area contributed by atoms with Crippen LogP contribution in [0.2, 0.25) is 0 Å². The first kappa shape index (κ1) is 21.1. The topological polar surface area (TPSA) is 100 Å². The van der Waals surface area contributed by atoms with Gasteiger partial charge in [-0.2, -0.15) is 0 Å². The molecule has 0 spiro atoms. The zero-order valence-electron chi connectivity index (χ0n) is 17.4. The van der Waals surface area contributed by atoms with Gasteiger partial charge in [0.25, 0.3) is 0 Å². The van der Waals surface area contributed by atoms with E-state index in [4.69, 9.17) is 16.9 Å². The van der Waals surface area contributed by atoms with Crippen molar-refractivity contribution >= 4 is 23.4 Å². The van der Waals surface area contributed by atoms with Gasteiger partial charge in [-0.15, -0.1) is 0 Å². The maximum Gasteiger partial charge on any atom is 0.137 e. The number of benzene rings is 1. The van der Waals surface area contributed by atoms with Crippen LogP contribution in [0.3, 0.4) is 0 Å². The van der Waals surface area contributed by atoms with Crippen molar-refractivity contribution in [2.75, 3.05) is 17.6 Å². The number of nitrogens with one attached hydrogen (secondary N) is 2. The number of hydrogen-bond acceptors (Lipinski definition) is 4. The monoisotopic (exact) mass is 391 g/mol. The highest BCUT2D eigenvalue weighted by Crippen LogP contribution is 2.44. The van der Waals surface area contributed by atoms with Crippen molar-refractivity contribution in [3.63, 3.8) is 0 Å². The Bertz CT molecular complexity index is 875. The minimum atomic E-state index is 0.599. The highest BCUT2D eigenvalue weighted by Gasteiger charge is 2.30. The predicted molar refractivity (Wildman–Crippen MR) is 125 cm³/mol. The van der Waals surface area contributed by atoms with Crippen LogP contribution in [0, 0.1) is 11.3 Å². The largest absolute Gasteiger partial charge is 0.398 e. The third-order valence-corrected chi connectivity index (χ3v) is 6.00. The van der Waals surface area contributed by atoms with Crippen molar-refractivity contribution in [1.82, 2.24) is 0 Å². The zero-order chi connectivity index (χ0) is 20.8. The average Bonchev–Trinajstić information content (AvgIpc) is 3.04. The molecule has 6 N–H and O–H groups in total. The third kappa shape index (κ3) is 4.85. The van der Waals surface area contributed by atoms with Crippen LogP contribution in [-0.2, 0) is 0 Å². The first-order valence-electron chi connectivity index (χ1n) is 10.5. The van der Waals surface area contributed by atoms with E-state index in [-0.39, 0.29) is 0 Å². The molecule has 1 aromatic carbocycles. The molecule has 3 rings (SSSR count). The summed E-state index contributed by atoms with van der Waals surface area (Å²) < 4.78 is 0. The van der Waals surface area contributed by atoms with Crippen LogP contribution in [-0.4, -0.2) is 18.6 Å². The molecule has 2 aliphatic carbocycles. The minimum absolute atomic E-state index is 0.599. The summed E-state index contributed by atoms with van der Waals surface area (Å²) in [6.45, 7) is 6.82. The highest BCUT2D eigenvalue weighted by molar-refractivity contribution is 6.12. The molecule has 0 amide bonds. The maximum atomic E-state index is 7.54. The van der Waals surface area contributed by atoms with E-state index < -0.39 is 0 Å². The van der Waals surface area contributed by atoms with Gasteiger partial charge >= 0.3 is 0 Å². The summed E-state index contributed by atoms with van der Waals surface area (Å²) >= 11 is 0. The van der Waals surface area contributed by atoms with Crippen LogP contribution in [0.25, 0.3) is 0 Å². The molecule has 5 heteroatoms. The van der Waals surface area contributed by atoms with Crippen molar-refractivity contribution in [2.45, 2.75) is 51.9 Å². The third-order valence-electron chi connectivity index (χ3n) is 6.00. The summed E-state index contributed by atoms with van der Waals surface area (Å²) in [6, 6.07) is 5.63. The van der Waals surface area contributed by atoms with Gasteiger partial charge in [0.2, 0.25) is 0 Å². The number of anilines is 2. The van der Waals surface area contributed by atoms with E-state index in [1.54, 1.807) is 11.8 Å². The van der Waals surface area contributed by atoms with E-state index in [2.05, 4.69) is 23.8 Å². The second kappa shape index (κ2) is 9.70. The second-order valence-electron chi connectivity index (χ2n) is 8.08. The summed E-state index contributed by atoms with van der Waals surface area (Å²) in [5.41, 5.74) is 19.4. The van der Waals surface area contributed by atoms with Gasteiger partial charge in [-0.3, -0.25) is 0 Å². The molecular weight excluding hydrogens is 358 g/mol. The fourth-order valence-electron chi connectivity index (χ4n) is 4.58. The van der Waals surface area contributed by atoms with E-state index in [1.165, 1.54) is 48.6 Å². The van der Waals surface area contributed by atoms with Crippen LogP contribution in [0.4, 0.5) is 11.4 Å². The van der Waals surface area contributed by atoms with Crippen LogP contribution < -0.4 is 16.8 Å². The van der Waals surface area contributed by atoms with Crippen LogP contribution in [0.1, 0.15) is 57.4 Å². The SMILES string of the molecule is C=CN=C(Nc1ccc(N)c(C=N)c1)C1=C(C)CC2=C1CCC(CCCCN)C2. The van der Waals surface area contributed by atoms with E-state index in [0.717, 1.165) is 43.2 Å². The van der Waals surface area contributed by atoms with Gasteiger partial charge in [-0.1, -0.05) is 30.6 Å². The number of nitrogens with zero attached hydrogens (tertiary/aromatic N) is 1. The zero-order valence-corrected chi connectivity index (χ0v) is 17.4. The van der Waals surface area contributed by atoms with Gasteiger partial charge in [-0.25, -0.2) is 4.99 Å². The quantitative estimate of drug-likeness (QED) is 0.213. The van der Waals surface area contributed by atoms with Crippen LogP contribution in [0.5, 0.6) is 0 Å². The van der Waals surface area contributed by atoms with Gasteiger partial charge in [0, 0.05) is 34.9 Å². The molecule has 1 atom stereocenters. The molecule has 0 aliphatic heterocycles. The van der Waals surface area contributed by atoms with E-state index >= 15 is 0 Å². The average molecular weight is 392 g/mol. The van der Waals surface area contributed by atoms with Crippen LogP contribution in [0.15, 0.2) is 58.3 Å². The van der Waals surface area contributed by atoms with Crippen molar-refractivity contribution in [1.29, 1.82) is 5.41 Å². The Balaban J connectivity index is 1.81. The molecule has 2 aliphatic rings. The van der Waals surface area contributed by atoms with Crippen molar-refractivity contribution in [3.8, 4) is 0 Å². The van der Waals surface area contributed by atoms with E-state index in [9.17, 15) is 0 Å². The fraction of sp³-hybridized carbons (Fsp3) is 0.417. The smallest absolute Gasteiger partial charge is 0.137 e. The first-order chi connectivity index (χ1) is 14.1. The second-order valence-corrected chi connectivity index (χ2v) is 8.08. The Kier molecular flexibility index (Phi) is 7.04. The highest BCUT2D eigenvalue weighted by atomic mass is 15.0. The molecular formula is C24H33N5. The summed E-state index contributed by atoms with van der Waals surface area (Å²) in [5.74, 6) is 1.62. The van der Waals surface area contributed by atoms with E-state index in [0.29, 0.717) is 11.3 Å². The number of aliphatic imine (C=N–C) groups is 1. The number of hydrogen-bond donors (Lipinski definition) is 4. The predicted octanol–water partition coefficient (Wildman–Crippen LogP) is 5.17. The molecule has 29 heavy (non-hydrogen) atoms. The minimum Gasteiger partial charge on any atom is -0.398 e. The van der Waals surface area contributed by atoms with E-state index in [1.807, 2.05) is 18.2 Å². The lowest BCUT2D eigenvalue weighted by molar-refractivity contribution is 0.409. The molecule has 1 unspecified atom stereocenters. The molecule has 0 saturated heterocycles. The standard InChI is InChI=1S/C24H33N5/c1-3-28-24(29-20-8-10-22(27)19(14-20)15-26)23-16(2)12-18-13-17(6-4-5-11-25)7-9-21(18)23/h3,8,10,14-15,17,26H,1,4-7,9,11-13,25,27H2,2H3,(H,28,29). The number of rotatable bonds is 8. The lowest BCUT2D eigenvalue weighted by atomic mass is 9.81. The van der Waals surface area contributed by atoms with Crippen molar-refractivity contribution in [3.05, 3.63) is 58.8 Å². The summed E-state index contributed by atoms with van der Waals surface area (Å²) in [7, 11) is 0. The Morgan fingerprint density at radius 3 is 2.93 bits per heavy atom. The molecule has 0 radical (unpaired) electrons. The molecule has 0 heterocycles. The molecule has 5 nitrogen and oxygen atoms in total. The number of unbranched alkanes of at least 4 members (excludes halogenated alkanes) is 1. The molecule has 0 fully saturated rings. The normalized spacial score (nSPS) is 19.4. The van der Waals surface area contributed by atoms with Gasteiger partial charge in [0.1, 0.15) is 5.84 Å². The van der Waals surface area contributed by atoms with Crippen molar-refractivity contribution in [2.24, 2.45) is 16.6 Å².